The Morgan fingerprint density at radius 2 is 2.43 bits per heavy atom. The van der Waals surface area contributed by atoms with E-state index in [0.29, 0.717) is 6.04 Å². The summed E-state index contributed by atoms with van der Waals surface area (Å²) in [5.74, 6) is 0. The second-order valence-electron chi connectivity index (χ2n) is 3.86. The van der Waals surface area contributed by atoms with Gasteiger partial charge in [-0.15, -0.1) is 0 Å². The van der Waals surface area contributed by atoms with Crippen molar-refractivity contribution in [1.29, 1.82) is 0 Å². The van der Waals surface area contributed by atoms with Gasteiger partial charge in [-0.2, -0.15) is 5.10 Å². The molecule has 78 valence electrons. The molecule has 0 aromatic carbocycles. The molecule has 1 fully saturated rings. The number of hydrogen-bond acceptors (Lipinski definition) is 3. The van der Waals surface area contributed by atoms with Crippen molar-refractivity contribution >= 4 is 0 Å². The van der Waals surface area contributed by atoms with Gasteiger partial charge in [-0.25, -0.2) is 0 Å². The lowest BCUT2D eigenvalue weighted by atomic mass is 10.2. The van der Waals surface area contributed by atoms with E-state index in [-0.39, 0.29) is 0 Å². The summed E-state index contributed by atoms with van der Waals surface area (Å²) in [5.41, 5.74) is 0. The fourth-order valence-corrected chi connectivity index (χ4v) is 1.88. The van der Waals surface area contributed by atoms with Crippen molar-refractivity contribution in [3.05, 3.63) is 18.5 Å². The summed E-state index contributed by atoms with van der Waals surface area (Å²) >= 11 is 0. The highest BCUT2D eigenvalue weighted by atomic mass is 15.3. The predicted molar refractivity (Wildman–Crippen MR) is 56.1 cm³/mol. The van der Waals surface area contributed by atoms with Crippen molar-refractivity contribution in [1.82, 2.24) is 20.0 Å². The molecule has 0 unspecified atom stereocenters. The van der Waals surface area contributed by atoms with Crippen molar-refractivity contribution in [2.24, 2.45) is 0 Å². The second kappa shape index (κ2) is 4.57. The largest absolute Gasteiger partial charge is 0.314 e. The minimum absolute atomic E-state index is 0.652. The van der Waals surface area contributed by atoms with Gasteiger partial charge in [0.05, 0.1) is 6.54 Å². The molecule has 1 atom stereocenters. The molecule has 1 aromatic rings. The SMILES string of the molecule is C[C@H]1CNCCN1CCn1cccn1. The Kier molecular flexibility index (Phi) is 3.16. The van der Waals surface area contributed by atoms with E-state index in [1.54, 1.807) is 0 Å². The lowest BCUT2D eigenvalue weighted by Gasteiger charge is -2.33. The van der Waals surface area contributed by atoms with E-state index in [1.165, 1.54) is 0 Å². The monoisotopic (exact) mass is 194 g/mol. The van der Waals surface area contributed by atoms with Gasteiger partial charge >= 0.3 is 0 Å². The Hall–Kier alpha value is -0.870. The van der Waals surface area contributed by atoms with Crippen LogP contribution in [-0.4, -0.2) is 46.9 Å². The van der Waals surface area contributed by atoms with E-state index in [1.807, 2.05) is 23.1 Å². The zero-order chi connectivity index (χ0) is 9.80. The van der Waals surface area contributed by atoms with Crippen LogP contribution in [0.3, 0.4) is 0 Å². The standard InChI is InChI=1S/C10H18N4/c1-10-9-11-4-6-13(10)7-8-14-5-2-3-12-14/h2-3,5,10-11H,4,6-9H2,1H3/t10-/m0/s1. The highest BCUT2D eigenvalue weighted by Crippen LogP contribution is 2.02. The number of piperazine rings is 1. The Morgan fingerprint density at radius 1 is 1.50 bits per heavy atom. The normalized spacial score (nSPS) is 23.9. The molecule has 1 saturated heterocycles. The second-order valence-corrected chi connectivity index (χ2v) is 3.86. The van der Waals surface area contributed by atoms with E-state index in [9.17, 15) is 0 Å². The van der Waals surface area contributed by atoms with E-state index in [0.717, 1.165) is 32.7 Å². The molecule has 0 bridgehead atoms. The van der Waals surface area contributed by atoms with Crippen molar-refractivity contribution in [2.45, 2.75) is 19.5 Å². The number of nitrogens with zero attached hydrogens (tertiary/aromatic N) is 3. The smallest absolute Gasteiger partial charge is 0.0536 e. The van der Waals surface area contributed by atoms with Crippen LogP contribution in [-0.2, 0) is 6.54 Å². The molecule has 1 N–H and O–H groups in total. The van der Waals surface area contributed by atoms with E-state index in [2.05, 4.69) is 22.2 Å². The van der Waals surface area contributed by atoms with Gasteiger partial charge in [0.1, 0.15) is 0 Å². The molecule has 1 aromatic heterocycles. The number of nitrogens with one attached hydrogen (secondary N) is 1. The third-order valence-corrected chi connectivity index (χ3v) is 2.81. The van der Waals surface area contributed by atoms with Gasteiger partial charge in [0.2, 0.25) is 0 Å². The molecule has 0 radical (unpaired) electrons. The summed E-state index contributed by atoms with van der Waals surface area (Å²) < 4.78 is 1.99. The molecule has 2 rings (SSSR count). The minimum Gasteiger partial charge on any atom is -0.314 e. The molecular formula is C10H18N4. The first kappa shape index (κ1) is 9.68. The maximum absolute atomic E-state index is 4.20. The van der Waals surface area contributed by atoms with Gasteiger partial charge < -0.3 is 5.32 Å². The quantitative estimate of drug-likeness (QED) is 0.745. The molecule has 1 aliphatic rings. The van der Waals surface area contributed by atoms with Gasteiger partial charge in [-0.1, -0.05) is 0 Å². The summed E-state index contributed by atoms with van der Waals surface area (Å²) in [5, 5.41) is 7.59. The van der Waals surface area contributed by atoms with Crippen molar-refractivity contribution in [2.75, 3.05) is 26.2 Å². The van der Waals surface area contributed by atoms with Gasteiger partial charge in [0.25, 0.3) is 0 Å². The molecule has 0 aliphatic carbocycles. The number of aromatic nitrogens is 2. The van der Waals surface area contributed by atoms with Crippen LogP contribution < -0.4 is 5.32 Å². The highest BCUT2D eigenvalue weighted by Gasteiger charge is 2.16. The van der Waals surface area contributed by atoms with Gasteiger partial charge in [-0.3, -0.25) is 9.58 Å². The van der Waals surface area contributed by atoms with Crippen molar-refractivity contribution in [3.8, 4) is 0 Å². The maximum Gasteiger partial charge on any atom is 0.0536 e. The molecule has 0 spiro atoms. The topological polar surface area (TPSA) is 33.1 Å². The van der Waals surface area contributed by atoms with Crippen molar-refractivity contribution < 1.29 is 0 Å². The van der Waals surface area contributed by atoms with Gasteiger partial charge in [0, 0.05) is 44.6 Å². The minimum atomic E-state index is 0.652. The molecule has 4 heteroatoms. The van der Waals surface area contributed by atoms with Crippen LogP contribution in [0.25, 0.3) is 0 Å². The maximum atomic E-state index is 4.20. The first-order chi connectivity index (χ1) is 6.86. The fraction of sp³-hybridized carbons (Fsp3) is 0.700. The number of rotatable bonds is 3. The predicted octanol–water partition coefficient (Wildman–Crippen LogP) is 0.177. The Labute approximate surface area is 84.9 Å². The average molecular weight is 194 g/mol. The molecule has 0 saturated carbocycles. The third-order valence-electron chi connectivity index (χ3n) is 2.81. The molecule has 14 heavy (non-hydrogen) atoms. The first-order valence-corrected chi connectivity index (χ1v) is 5.28. The zero-order valence-electron chi connectivity index (χ0n) is 8.69. The Bertz CT molecular complexity index is 257. The molecule has 1 aliphatic heterocycles. The van der Waals surface area contributed by atoms with Crippen molar-refractivity contribution in [3.63, 3.8) is 0 Å². The highest BCUT2D eigenvalue weighted by molar-refractivity contribution is 4.79. The molecule has 2 heterocycles. The molecular weight excluding hydrogens is 176 g/mol. The zero-order valence-corrected chi connectivity index (χ0v) is 8.69. The van der Waals surface area contributed by atoms with E-state index < -0.39 is 0 Å². The van der Waals surface area contributed by atoms with Gasteiger partial charge in [-0.05, 0) is 13.0 Å². The lowest BCUT2D eigenvalue weighted by molar-refractivity contribution is 0.166. The Balaban J connectivity index is 1.79. The van der Waals surface area contributed by atoms with Crippen LogP contribution >= 0.6 is 0 Å². The molecule has 4 nitrogen and oxygen atoms in total. The van der Waals surface area contributed by atoms with Gasteiger partial charge in [0.15, 0.2) is 0 Å². The summed E-state index contributed by atoms with van der Waals surface area (Å²) in [4.78, 5) is 2.51. The van der Waals surface area contributed by atoms with Crippen LogP contribution in [0, 0.1) is 0 Å². The summed E-state index contributed by atoms with van der Waals surface area (Å²) in [6.07, 6.45) is 3.86. The van der Waals surface area contributed by atoms with Crippen LogP contribution in [0.5, 0.6) is 0 Å². The summed E-state index contributed by atoms with van der Waals surface area (Å²) in [7, 11) is 0. The summed E-state index contributed by atoms with van der Waals surface area (Å²) in [6, 6.07) is 2.63. The number of hydrogen-bond donors (Lipinski definition) is 1. The first-order valence-electron chi connectivity index (χ1n) is 5.28. The van der Waals surface area contributed by atoms with Crippen LogP contribution in [0.1, 0.15) is 6.92 Å². The third kappa shape index (κ3) is 2.33. The average Bonchev–Trinajstić information content (AvgIpc) is 2.69. The van der Waals surface area contributed by atoms with Crippen LogP contribution in [0.2, 0.25) is 0 Å². The summed E-state index contributed by atoms with van der Waals surface area (Å²) in [6.45, 7) is 7.75. The lowest BCUT2D eigenvalue weighted by Crippen LogP contribution is -2.50. The van der Waals surface area contributed by atoms with E-state index in [4.69, 9.17) is 0 Å². The van der Waals surface area contributed by atoms with Crippen LogP contribution in [0.15, 0.2) is 18.5 Å². The molecule has 0 amide bonds. The van der Waals surface area contributed by atoms with Crippen LogP contribution in [0.4, 0.5) is 0 Å². The van der Waals surface area contributed by atoms with E-state index >= 15 is 0 Å². The fourth-order valence-electron chi connectivity index (χ4n) is 1.88. The Morgan fingerprint density at radius 3 is 3.14 bits per heavy atom.